The summed E-state index contributed by atoms with van der Waals surface area (Å²) in [5.74, 6) is -1.80. The third-order valence-electron chi connectivity index (χ3n) is 7.28. The van der Waals surface area contributed by atoms with Crippen LogP contribution in [-0.2, 0) is 28.7 Å². The molecule has 0 atom stereocenters. The molecule has 1 aliphatic rings. The van der Waals surface area contributed by atoms with Crippen molar-refractivity contribution < 1.29 is 27.2 Å². The summed E-state index contributed by atoms with van der Waals surface area (Å²) >= 11 is 0. The number of benzene rings is 2. The topological polar surface area (TPSA) is 61.4 Å². The molecule has 1 aliphatic carbocycles. The number of likely N-dealkylation sites (N-methyl/N-ethyl adjacent to an activating group) is 1. The van der Waals surface area contributed by atoms with Crippen molar-refractivity contribution in [1.82, 2.24) is 15.5 Å². The van der Waals surface area contributed by atoms with E-state index in [9.17, 15) is 27.2 Å². The minimum Gasteiger partial charge on any atom is -0.353 e. The number of nitrogens with zero attached hydrogens (tertiary/aromatic N) is 1. The monoisotopic (exact) mass is 521 g/mol. The van der Waals surface area contributed by atoms with E-state index in [2.05, 4.69) is 60.8 Å². The molecular formula is C28H35F4N3O2. The highest BCUT2D eigenvalue weighted by atomic mass is 19.4. The number of hydrogen-bond acceptors (Lipinski definition) is 3. The first-order valence-electron chi connectivity index (χ1n) is 12.5. The van der Waals surface area contributed by atoms with Crippen molar-refractivity contribution in [3.05, 3.63) is 70.5 Å². The fourth-order valence-corrected chi connectivity index (χ4v) is 5.06. The van der Waals surface area contributed by atoms with Crippen LogP contribution in [0.25, 0.3) is 0 Å². The Morgan fingerprint density at radius 2 is 1.70 bits per heavy atom. The van der Waals surface area contributed by atoms with Crippen molar-refractivity contribution in [1.29, 1.82) is 0 Å². The van der Waals surface area contributed by atoms with Gasteiger partial charge < -0.3 is 15.5 Å². The van der Waals surface area contributed by atoms with E-state index in [4.69, 9.17) is 0 Å². The molecule has 0 heterocycles. The van der Waals surface area contributed by atoms with Gasteiger partial charge in [0.05, 0.1) is 5.56 Å². The van der Waals surface area contributed by atoms with Gasteiger partial charge in [-0.3, -0.25) is 9.59 Å². The fourth-order valence-electron chi connectivity index (χ4n) is 5.06. The molecule has 2 N–H and O–H groups in total. The lowest BCUT2D eigenvalue weighted by Gasteiger charge is -2.45. The molecule has 2 amide bonds. The highest BCUT2D eigenvalue weighted by molar-refractivity contribution is 5.83. The largest absolute Gasteiger partial charge is 0.416 e. The summed E-state index contributed by atoms with van der Waals surface area (Å²) in [4.78, 5) is 26.9. The van der Waals surface area contributed by atoms with Gasteiger partial charge in [0, 0.05) is 31.0 Å². The predicted octanol–water partition coefficient (Wildman–Crippen LogP) is 5.15. The molecule has 3 rings (SSSR count). The van der Waals surface area contributed by atoms with Gasteiger partial charge in [-0.25, -0.2) is 4.39 Å². The fraction of sp³-hybridized carbons (Fsp3) is 0.500. The molecule has 9 heteroatoms. The molecule has 0 bridgehead atoms. The van der Waals surface area contributed by atoms with E-state index >= 15 is 0 Å². The van der Waals surface area contributed by atoms with Gasteiger partial charge in [-0.1, -0.05) is 35.9 Å². The van der Waals surface area contributed by atoms with E-state index < -0.39 is 30.0 Å². The highest BCUT2D eigenvalue weighted by Gasteiger charge is 2.38. The average Bonchev–Trinajstić information content (AvgIpc) is 2.82. The lowest BCUT2D eigenvalue weighted by Crippen LogP contribution is -2.52. The van der Waals surface area contributed by atoms with Crippen LogP contribution >= 0.6 is 0 Å². The number of alkyl halides is 3. The first-order chi connectivity index (χ1) is 17.4. The average molecular weight is 522 g/mol. The lowest BCUT2D eigenvalue weighted by molar-refractivity contribution is -0.138. The second-order valence-corrected chi connectivity index (χ2v) is 10.2. The standard InChI is InChI=1S/C28H35F4N3O2/c1-19-5-4-6-20(15-19)17-27(35(2)3)13-11-23(12-14-27)34-26(37)10-9-25(36)33-18-21-7-8-22(29)16-24(21)28(30,31)32/h4-8,15-16,23H,9-14,17-18H2,1-3H3,(H,33,36)(H,34,37). The van der Waals surface area contributed by atoms with Gasteiger partial charge in [-0.2, -0.15) is 13.2 Å². The molecule has 0 saturated heterocycles. The van der Waals surface area contributed by atoms with Crippen molar-refractivity contribution in [2.75, 3.05) is 14.1 Å². The Morgan fingerprint density at radius 1 is 1.03 bits per heavy atom. The van der Waals surface area contributed by atoms with Crippen molar-refractivity contribution in [3.63, 3.8) is 0 Å². The molecular weight excluding hydrogens is 486 g/mol. The molecule has 1 fully saturated rings. The Morgan fingerprint density at radius 3 is 2.32 bits per heavy atom. The number of amides is 2. The third kappa shape index (κ3) is 8.02. The van der Waals surface area contributed by atoms with E-state index in [0.29, 0.717) is 6.07 Å². The van der Waals surface area contributed by atoms with Crippen LogP contribution in [0.15, 0.2) is 42.5 Å². The summed E-state index contributed by atoms with van der Waals surface area (Å²) in [5, 5.41) is 5.40. The lowest BCUT2D eigenvalue weighted by atomic mass is 9.74. The van der Waals surface area contributed by atoms with Crippen LogP contribution in [0.3, 0.4) is 0 Å². The quantitative estimate of drug-likeness (QED) is 0.449. The van der Waals surface area contributed by atoms with Crippen molar-refractivity contribution in [3.8, 4) is 0 Å². The number of carbonyl (C=O) groups excluding carboxylic acids is 2. The SMILES string of the molecule is Cc1cccc(CC2(N(C)C)CCC(NC(=O)CCC(=O)NCc3ccc(F)cc3C(F)(F)F)CC2)c1. The zero-order valence-electron chi connectivity index (χ0n) is 21.6. The molecule has 2 aromatic rings. The van der Waals surface area contributed by atoms with E-state index in [1.165, 1.54) is 11.1 Å². The van der Waals surface area contributed by atoms with Gasteiger partial charge in [0.2, 0.25) is 11.8 Å². The molecule has 0 radical (unpaired) electrons. The van der Waals surface area contributed by atoms with Crippen LogP contribution in [0.5, 0.6) is 0 Å². The van der Waals surface area contributed by atoms with Crippen LogP contribution in [-0.4, -0.2) is 42.4 Å². The van der Waals surface area contributed by atoms with Crippen LogP contribution in [0.2, 0.25) is 0 Å². The zero-order valence-corrected chi connectivity index (χ0v) is 21.6. The Hall–Kier alpha value is -2.94. The predicted molar refractivity (Wildman–Crippen MR) is 134 cm³/mol. The second-order valence-electron chi connectivity index (χ2n) is 10.2. The van der Waals surface area contributed by atoms with Gasteiger partial charge >= 0.3 is 6.18 Å². The Kier molecular flexibility index (Phi) is 9.34. The third-order valence-corrected chi connectivity index (χ3v) is 7.28. The Bertz CT molecular complexity index is 1090. The van der Waals surface area contributed by atoms with E-state index in [1.807, 2.05) is 0 Å². The number of hydrogen-bond donors (Lipinski definition) is 2. The summed E-state index contributed by atoms with van der Waals surface area (Å²) < 4.78 is 52.6. The number of aryl methyl sites for hydroxylation is 1. The molecule has 202 valence electrons. The molecule has 0 aromatic heterocycles. The number of carbonyl (C=O) groups is 2. The molecule has 37 heavy (non-hydrogen) atoms. The minimum absolute atomic E-state index is 0.0184. The van der Waals surface area contributed by atoms with E-state index in [1.54, 1.807) is 0 Å². The number of halogens is 4. The van der Waals surface area contributed by atoms with Crippen molar-refractivity contribution in [2.24, 2.45) is 0 Å². The van der Waals surface area contributed by atoms with Gasteiger partial charge in [-0.05, 0) is 76.4 Å². The molecule has 2 aromatic carbocycles. The maximum Gasteiger partial charge on any atom is 0.416 e. The van der Waals surface area contributed by atoms with Crippen LogP contribution in [0, 0.1) is 12.7 Å². The van der Waals surface area contributed by atoms with Gasteiger partial charge in [0.25, 0.3) is 0 Å². The summed E-state index contributed by atoms with van der Waals surface area (Å²) in [6, 6.07) is 10.9. The maximum absolute atomic E-state index is 13.2. The normalized spacial score (nSPS) is 20.1. The number of nitrogens with one attached hydrogen (secondary N) is 2. The number of rotatable bonds is 9. The molecule has 0 spiro atoms. The van der Waals surface area contributed by atoms with Crippen LogP contribution in [0.4, 0.5) is 17.6 Å². The first kappa shape index (κ1) is 28.6. The maximum atomic E-state index is 13.2. The molecule has 5 nitrogen and oxygen atoms in total. The zero-order chi connectivity index (χ0) is 27.2. The smallest absolute Gasteiger partial charge is 0.353 e. The van der Waals surface area contributed by atoms with Crippen molar-refractivity contribution >= 4 is 11.8 Å². The van der Waals surface area contributed by atoms with Gasteiger partial charge in [-0.15, -0.1) is 0 Å². The second kappa shape index (κ2) is 12.1. The Balaban J connectivity index is 1.45. The molecule has 0 aliphatic heterocycles. The molecule has 0 unspecified atom stereocenters. The van der Waals surface area contributed by atoms with Crippen molar-refractivity contribution in [2.45, 2.75) is 76.2 Å². The van der Waals surface area contributed by atoms with E-state index in [0.717, 1.165) is 44.2 Å². The van der Waals surface area contributed by atoms with Crippen LogP contribution < -0.4 is 10.6 Å². The van der Waals surface area contributed by atoms with E-state index in [-0.39, 0.29) is 35.9 Å². The summed E-state index contributed by atoms with van der Waals surface area (Å²) in [7, 11) is 4.19. The Labute approximate surface area is 215 Å². The summed E-state index contributed by atoms with van der Waals surface area (Å²) in [6.45, 7) is 1.69. The molecule has 1 saturated carbocycles. The summed E-state index contributed by atoms with van der Waals surface area (Å²) in [5.41, 5.74) is 1.19. The highest BCUT2D eigenvalue weighted by Crippen LogP contribution is 2.36. The van der Waals surface area contributed by atoms with Gasteiger partial charge in [0.15, 0.2) is 0 Å². The van der Waals surface area contributed by atoms with Crippen LogP contribution in [0.1, 0.15) is 60.8 Å². The minimum atomic E-state index is -4.73. The summed E-state index contributed by atoms with van der Waals surface area (Å²) in [6.07, 6.45) is -0.481. The first-order valence-corrected chi connectivity index (χ1v) is 12.5. The van der Waals surface area contributed by atoms with Gasteiger partial charge in [0.1, 0.15) is 5.82 Å².